The maximum absolute atomic E-state index is 12.8. The monoisotopic (exact) mass is 358 g/mol. The van der Waals surface area contributed by atoms with Gasteiger partial charge in [-0.2, -0.15) is 5.10 Å². The van der Waals surface area contributed by atoms with E-state index >= 15 is 0 Å². The van der Waals surface area contributed by atoms with Gasteiger partial charge in [0.15, 0.2) is 0 Å². The number of amides is 1. The summed E-state index contributed by atoms with van der Waals surface area (Å²) in [6.07, 6.45) is 7.17. The Hall–Kier alpha value is -3.21. The third-order valence-electron chi connectivity index (χ3n) is 4.96. The lowest BCUT2D eigenvalue weighted by Gasteiger charge is -2.27. The molecule has 0 saturated carbocycles. The van der Waals surface area contributed by atoms with Crippen molar-refractivity contribution >= 4 is 17.7 Å². The maximum atomic E-state index is 12.8. The molecule has 0 unspecified atom stereocenters. The second-order valence-electron chi connectivity index (χ2n) is 6.73. The average Bonchev–Trinajstić information content (AvgIpc) is 3.00. The fourth-order valence-corrected chi connectivity index (χ4v) is 3.58. The molecule has 4 rings (SSSR count). The Labute approximate surface area is 159 Å². The normalized spacial score (nSPS) is 13.8. The van der Waals surface area contributed by atoms with E-state index in [1.54, 1.807) is 12.3 Å². The minimum atomic E-state index is -0.0183. The first-order chi connectivity index (χ1) is 13.1. The van der Waals surface area contributed by atoms with Crippen molar-refractivity contribution in [3.8, 4) is 5.69 Å². The fraction of sp³-hybridized carbons (Fsp3) is 0.227. The third kappa shape index (κ3) is 3.28. The van der Waals surface area contributed by atoms with E-state index in [1.807, 2.05) is 72.0 Å². The van der Waals surface area contributed by atoms with Crippen molar-refractivity contribution in [1.82, 2.24) is 14.8 Å². The molecule has 1 aliphatic heterocycles. The van der Waals surface area contributed by atoms with Crippen molar-refractivity contribution in [3.05, 3.63) is 77.4 Å². The highest BCUT2D eigenvalue weighted by atomic mass is 16.2. The second-order valence-corrected chi connectivity index (χ2v) is 6.73. The first kappa shape index (κ1) is 17.2. The number of fused-ring (bicyclic) bond motifs is 1. The zero-order valence-corrected chi connectivity index (χ0v) is 15.6. The van der Waals surface area contributed by atoms with Crippen LogP contribution in [0.15, 0.2) is 54.7 Å². The summed E-state index contributed by atoms with van der Waals surface area (Å²) in [4.78, 5) is 19.0. The molecule has 3 aromatic rings. The van der Waals surface area contributed by atoms with Crippen LogP contribution in [0.25, 0.3) is 11.8 Å². The number of aromatic nitrogens is 3. The molecule has 0 saturated heterocycles. The summed E-state index contributed by atoms with van der Waals surface area (Å²) < 4.78 is 1.92. The van der Waals surface area contributed by atoms with Gasteiger partial charge in [-0.05, 0) is 57.0 Å². The van der Waals surface area contributed by atoms with E-state index in [9.17, 15) is 4.79 Å². The number of rotatable bonds is 3. The first-order valence-electron chi connectivity index (χ1n) is 9.20. The number of hydrogen-bond acceptors (Lipinski definition) is 3. The van der Waals surface area contributed by atoms with E-state index in [-0.39, 0.29) is 5.91 Å². The van der Waals surface area contributed by atoms with Crippen LogP contribution in [0.4, 0.5) is 5.69 Å². The second kappa shape index (κ2) is 7.19. The zero-order valence-electron chi connectivity index (χ0n) is 15.6. The number of anilines is 1. The van der Waals surface area contributed by atoms with Gasteiger partial charge in [-0.1, -0.05) is 18.2 Å². The lowest BCUT2D eigenvalue weighted by molar-refractivity contribution is -0.114. The van der Waals surface area contributed by atoms with Crippen LogP contribution in [0.1, 0.15) is 29.1 Å². The van der Waals surface area contributed by atoms with Crippen molar-refractivity contribution in [3.63, 3.8) is 0 Å². The third-order valence-corrected chi connectivity index (χ3v) is 4.96. The van der Waals surface area contributed by atoms with Crippen LogP contribution in [-0.2, 0) is 11.2 Å². The number of carbonyl (C=O) groups excluding carboxylic acids is 1. The Bertz CT molecular complexity index is 1000. The van der Waals surface area contributed by atoms with Gasteiger partial charge in [0.25, 0.3) is 5.91 Å². The van der Waals surface area contributed by atoms with Crippen molar-refractivity contribution in [2.45, 2.75) is 26.7 Å². The van der Waals surface area contributed by atoms with E-state index in [0.717, 1.165) is 53.4 Å². The molecule has 3 heterocycles. The van der Waals surface area contributed by atoms with E-state index < -0.39 is 0 Å². The first-order valence-corrected chi connectivity index (χ1v) is 9.20. The van der Waals surface area contributed by atoms with Gasteiger partial charge in [0, 0.05) is 30.1 Å². The SMILES string of the molecule is Cc1nn(-c2ccccc2)c(C)c1/C=C/C(=O)N1CCCc2ncccc21. The van der Waals surface area contributed by atoms with Gasteiger partial charge in [0.05, 0.1) is 22.8 Å². The van der Waals surface area contributed by atoms with Crippen LogP contribution in [0.3, 0.4) is 0 Å². The van der Waals surface area contributed by atoms with Crippen LogP contribution in [0, 0.1) is 13.8 Å². The molecule has 2 aromatic heterocycles. The van der Waals surface area contributed by atoms with Crippen molar-refractivity contribution in [1.29, 1.82) is 0 Å². The molecule has 1 aromatic carbocycles. The van der Waals surface area contributed by atoms with Crippen molar-refractivity contribution in [2.75, 3.05) is 11.4 Å². The van der Waals surface area contributed by atoms with Crippen LogP contribution in [-0.4, -0.2) is 27.2 Å². The number of pyridine rings is 1. The number of para-hydroxylation sites is 1. The topological polar surface area (TPSA) is 51.0 Å². The minimum Gasteiger partial charge on any atom is -0.307 e. The van der Waals surface area contributed by atoms with Crippen molar-refractivity contribution in [2.24, 2.45) is 0 Å². The van der Waals surface area contributed by atoms with E-state index in [4.69, 9.17) is 0 Å². The summed E-state index contributed by atoms with van der Waals surface area (Å²) in [5.41, 5.74) is 5.84. The molecular formula is C22H22N4O. The van der Waals surface area contributed by atoms with Gasteiger partial charge >= 0.3 is 0 Å². The quantitative estimate of drug-likeness (QED) is 0.668. The average molecular weight is 358 g/mol. The number of hydrogen-bond donors (Lipinski definition) is 0. The van der Waals surface area contributed by atoms with Gasteiger partial charge in [-0.25, -0.2) is 4.68 Å². The molecule has 0 atom stereocenters. The highest BCUT2D eigenvalue weighted by Crippen LogP contribution is 2.25. The highest BCUT2D eigenvalue weighted by molar-refractivity contribution is 6.04. The van der Waals surface area contributed by atoms with Gasteiger partial charge in [-0.3, -0.25) is 9.78 Å². The Morgan fingerprint density at radius 1 is 1.11 bits per heavy atom. The Kier molecular flexibility index (Phi) is 4.59. The molecule has 0 radical (unpaired) electrons. The summed E-state index contributed by atoms with van der Waals surface area (Å²) in [7, 11) is 0. The van der Waals surface area contributed by atoms with E-state index in [1.165, 1.54) is 0 Å². The van der Waals surface area contributed by atoms with Crippen molar-refractivity contribution < 1.29 is 4.79 Å². The highest BCUT2D eigenvalue weighted by Gasteiger charge is 2.21. The van der Waals surface area contributed by atoms with Crippen LogP contribution < -0.4 is 4.90 Å². The predicted octanol–water partition coefficient (Wildman–Crippen LogP) is 3.88. The molecule has 5 heteroatoms. The van der Waals surface area contributed by atoms with Crippen LogP contribution >= 0.6 is 0 Å². The molecule has 1 amide bonds. The number of carbonyl (C=O) groups is 1. The predicted molar refractivity (Wildman–Crippen MR) is 107 cm³/mol. The Morgan fingerprint density at radius 2 is 1.93 bits per heavy atom. The molecule has 0 fully saturated rings. The summed E-state index contributed by atoms with van der Waals surface area (Å²) in [5, 5.41) is 4.64. The zero-order chi connectivity index (χ0) is 18.8. The largest absolute Gasteiger partial charge is 0.307 e. The van der Waals surface area contributed by atoms with E-state index in [2.05, 4.69) is 10.1 Å². The van der Waals surface area contributed by atoms with Gasteiger partial charge in [0.2, 0.25) is 0 Å². The smallest absolute Gasteiger partial charge is 0.251 e. The Balaban J connectivity index is 1.61. The van der Waals surface area contributed by atoms with Crippen LogP contribution in [0.5, 0.6) is 0 Å². The van der Waals surface area contributed by atoms with Crippen LogP contribution in [0.2, 0.25) is 0 Å². The summed E-state index contributed by atoms with van der Waals surface area (Å²) >= 11 is 0. The summed E-state index contributed by atoms with van der Waals surface area (Å²) in [5.74, 6) is -0.0183. The molecule has 0 aliphatic carbocycles. The maximum Gasteiger partial charge on any atom is 0.251 e. The molecule has 1 aliphatic rings. The molecular weight excluding hydrogens is 336 g/mol. The van der Waals surface area contributed by atoms with Gasteiger partial charge in [0.1, 0.15) is 0 Å². The van der Waals surface area contributed by atoms with Gasteiger partial charge < -0.3 is 4.90 Å². The van der Waals surface area contributed by atoms with Gasteiger partial charge in [-0.15, -0.1) is 0 Å². The minimum absolute atomic E-state index is 0.0183. The molecule has 0 bridgehead atoms. The standard InChI is InChI=1S/C22H22N4O/c1-16-19(17(2)26(24-16)18-8-4-3-5-9-18)12-13-22(27)25-15-7-10-20-21(25)11-6-14-23-20/h3-6,8-9,11-14H,7,10,15H2,1-2H3/b13-12+. The summed E-state index contributed by atoms with van der Waals surface area (Å²) in [6.45, 7) is 4.72. The molecule has 27 heavy (non-hydrogen) atoms. The molecule has 0 N–H and O–H groups in total. The lowest BCUT2D eigenvalue weighted by atomic mass is 10.1. The van der Waals surface area contributed by atoms with E-state index in [0.29, 0.717) is 0 Å². The molecule has 136 valence electrons. The number of nitrogens with zero attached hydrogens (tertiary/aromatic N) is 4. The molecule has 0 spiro atoms. The molecule has 5 nitrogen and oxygen atoms in total. The Morgan fingerprint density at radius 3 is 2.74 bits per heavy atom. The fourth-order valence-electron chi connectivity index (χ4n) is 3.58. The number of aryl methyl sites for hydroxylation is 2. The summed E-state index contributed by atoms with van der Waals surface area (Å²) in [6, 6.07) is 13.9. The number of benzene rings is 1. The lowest BCUT2D eigenvalue weighted by Crippen LogP contribution is -2.34.